The highest BCUT2D eigenvalue weighted by Crippen LogP contribution is 2.25. The Morgan fingerprint density at radius 1 is 1.23 bits per heavy atom. The standard InChI is InChI=1S/C22H25N3O4S2/c1-15-10-19(16(2)25(15)12-17-6-4-3-5-7-17)20(26)13-30-22-24-23-21(29-22)11-18-8-9-31(27,28)14-18/h3-7,10,18H,8-9,11-14H2,1-2H3/t18-/m0/s1. The van der Waals surface area contributed by atoms with E-state index in [1.165, 1.54) is 17.3 Å². The first-order valence-electron chi connectivity index (χ1n) is 10.2. The van der Waals surface area contributed by atoms with E-state index in [0.717, 1.165) is 17.9 Å². The highest BCUT2D eigenvalue weighted by molar-refractivity contribution is 7.99. The zero-order valence-corrected chi connectivity index (χ0v) is 19.2. The number of aryl methyl sites for hydroxylation is 1. The minimum absolute atomic E-state index is 0.0130. The first-order valence-corrected chi connectivity index (χ1v) is 13.0. The molecule has 1 aromatic carbocycles. The number of aromatic nitrogens is 3. The Morgan fingerprint density at radius 3 is 2.71 bits per heavy atom. The topological polar surface area (TPSA) is 95.1 Å². The van der Waals surface area contributed by atoms with E-state index in [2.05, 4.69) is 26.9 Å². The lowest BCUT2D eigenvalue weighted by molar-refractivity contribution is 0.102. The Balaban J connectivity index is 1.36. The molecule has 7 nitrogen and oxygen atoms in total. The number of thioether (sulfide) groups is 1. The molecule has 1 atom stereocenters. The number of sulfone groups is 1. The van der Waals surface area contributed by atoms with Gasteiger partial charge in [0.25, 0.3) is 5.22 Å². The Kier molecular flexibility index (Phi) is 6.34. The largest absolute Gasteiger partial charge is 0.416 e. The lowest BCUT2D eigenvalue weighted by Gasteiger charge is -2.09. The van der Waals surface area contributed by atoms with E-state index in [-0.39, 0.29) is 29.0 Å². The number of nitrogens with zero attached hydrogens (tertiary/aromatic N) is 3. The van der Waals surface area contributed by atoms with Crippen molar-refractivity contribution in [3.8, 4) is 0 Å². The molecule has 1 aliphatic heterocycles. The van der Waals surface area contributed by atoms with E-state index >= 15 is 0 Å². The highest BCUT2D eigenvalue weighted by Gasteiger charge is 2.29. The molecule has 9 heteroatoms. The molecule has 0 radical (unpaired) electrons. The average molecular weight is 460 g/mol. The van der Waals surface area contributed by atoms with E-state index in [1.54, 1.807) is 0 Å². The molecule has 2 aromatic heterocycles. The van der Waals surface area contributed by atoms with Crippen molar-refractivity contribution in [1.82, 2.24) is 14.8 Å². The predicted molar refractivity (Wildman–Crippen MR) is 119 cm³/mol. The molecule has 3 aromatic rings. The summed E-state index contributed by atoms with van der Waals surface area (Å²) in [5.74, 6) is 1.08. The lowest BCUT2D eigenvalue weighted by atomic mass is 10.1. The van der Waals surface area contributed by atoms with E-state index in [9.17, 15) is 13.2 Å². The Morgan fingerprint density at radius 2 is 2.00 bits per heavy atom. The zero-order valence-electron chi connectivity index (χ0n) is 17.6. The summed E-state index contributed by atoms with van der Waals surface area (Å²) in [5, 5.41) is 8.35. The molecular weight excluding hydrogens is 434 g/mol. The van der Waals surface area contributed by atoms with Crippen molar-refractivity contribution in [2.24, 2.45) is 5.92 Å². The van der Waals surface area contributed by atoms with Crippen LogP contribution in [0.25, 0.3) is 0 Å². The Bertz CT molecular complexity index is 1180. The molecule has 0 amide bonds. The Hall–Kier alpha value is -2.39. The van der Waals surface area contributed by atoms with Gasteiger partial charge in [0, 0.05) is 29.9 Å². The quantitative estimate of drug-likeness (QED) is 0.376. The van der Waals surface area contributed by atoms with Crippen molar-refractivity contribution in [2.45, 2.75) is 38.5 Å². The number of rotatable bonds is 8. The third kappa shape index (κ3) is 5.27. The van der Waals surface area contributed by atoms with Crippen LogP contribution in [0, 0.1) is 19.8 Å². The molecule has 3 heterocycles. The van der Waals surface area contributed by atoms with Gasteiger partial charge in [0.15, 0.2) is 15.6 Å². The summed E-state index contributed by atoms with van der Waals surface area (Å²) >= 11 is 1.21. The minimum atomic E-state index is -2.93. The molecule has 1 saturated heterocycles. The molecule has 0 N–H and O–H groups in total. The first-order chi connectivity index (χ1) is 14.8. The summed E-state index contributed by atoms with van der Waals surface area (Å²) in [6.45, 7) is 4.70. The van der Waals surface area contributed by atoms with Crippen LogP contribution in [0.15, 0.2) is 46.0 Å². The van der Waals surface area contributed by atoms with Gasteiger partial charge in [0.2, 0.25) is 5.89 Å². The van der Waals surface area contributed by atoms with Gasteiger partial charge >= 0.3 is 0 Å². The molecular formula is C22H25N3O4S2. The Labute approximate surface area is 186 Å². The van der Waals surface area contributed by atoms with Crippen LogP contribution in [-0.4, -0.2) is 46.2 Å². The van der Waals surface area contributed by atoms with Crippen LogP contribution >= 0.6 is 11.8 Å². The second-order valence-corrected chi connectivity index (χ2v) is 11.2. The van der Waals surface area contributed by atoms with Gasteiger partial charge in [-0.3, -0.25) is 4.79 Å². The van der Waals surface area contributed by atoms with Crippen molar-refractivity contribution in [1.29, 1.82) is 0 Å². The molecule has 4 rings (SSSR count). The van der Waals surface area contributed by atoms with E-state index in [4.69, 9.17) is 4.42 Å². The number of Topliss-reactive ketones (excluding diaryl/α,β-unsaturated/α-hetero) is 1. The summed E-state index contributed by atoms with van der Waals surface area (Å²) < 4.78 is 31.0. The smallest absolute Gasteiger partial charge is 0.277 e. The summed E-state index contributed by atoms with van der Waals surface area (Å²) in [6, 6.07) is 12.1. The van der Waals surface area contributed by atoms with Gasteiger partial charge in [-0.15, -0.1) is 10.2 Å². The normalized spacial score (nSPS) is 17.8. The lowest BCUT2D eigenvalue weighted by Crippen LogP contribution is -2.07. The fourth-order valence-electron chi connectivity index (χ4n) is 3.96. The van der Waals surface area contributed by atoms with E-state index in [0.29, 0.717) is 29.5 Å². The van der Waals surface area contributed by atoms with Gasteiger partial charge in [0.1, 0.15) is 0 Å². The molecule has 0 bridgehead atoms. The second-order valence-electron chi connectivity index (χ2n) is 8.00. The fraction of sp³-hybridized carbons (Fsp3) is 0.409. The van der Waals surface area contributed by atoms with Crippen LogP contribution in [0.1, 0.15) is 39.6 Å². The van der Waals surface area contributed by atoms with Crippen LogP contribution < -0.4 is 0 Å². The molecule has 1 aliphatic rings. The van der Waals surface area contributed by atoms with Crippen molar-refractivity contribution in [2.75, 3.05) is 17.3 Å². The molecule has 0 unspecified atom stereocenters. The van der Waals surface area contributed by atoms with Crippen molar-refractivity contribution < 1.29 is 17.6 Å². The number of carbonyl (C=O) groups excluding carboxylic acids is 1. The SMILES string of the molecule is Cc1cc(C(=O)CSc2nnc(C[C@@H]3CCS(=O)(=O)C3)o2)c(C)n1Cc1ccccc1. The van der Waals surface area contributed by atoms with E-state index in [1.807, 2.05) is 38.1 Å². The molecule has 31 heavy (non-hydrogen) atoms. The predicted octanol–water partition coefficient (Wildman–Crippen LogP) is 3.49. The van der Waals surface area contributed by atoms with Crippen LogP contribution in [0.3, 0.4) is 0 Å². The zero-order chi connectivity index (χ0) is 22.0. The van der Waals surface area contributed by atoms with Gasteiger partial charge in [-0.1, -0.05) is 42.1 Å². The highest BCUT2D eigenvalue weighted by atomic mass is 32.2. The molecule has 0 spiro atoms. The van der Waals surface area contributed by atoms with Crippen LogP contribution in [0.4, 0.5) is 0 Å². The van der Waals surface area contributed by atoms with Crippen LogP contribution in [-0.2, 0) is 22.8 Å². The third-order valence-electron chi connectivity index (χ3n) is 5.62. The number of hydrogen-bond donors (Lipinski definition) is 0. The summed E-state index contributed by atoms with van der Waals surface area (Å²) in [6.07, 6.45) is 1.09. The number of ketones is 1. The monoisotopic (exact) mass is 459 g/mol. The van der Waals surface area contributed by atoms with Gasteiger partial charge < -0.3 is 8.98 Å². The minimum Gasteiger partial charge on any atom is -0.416 e. The summed E-state index contributed by atoms with van der Waals surface area (Å²) in [7, 11) is -2.93. The van der Waals surface area contributed by atoms with Gasteiger partial charge in [0.05, 0.1) is 17.3 Å². The van der Waals surface area contributed by atoms with Gasteiger partial charge in [-0.25, -0.2) is 8.42 Å². The molecule has 1 fully saturated rings. The van der Waals surface area contributed by atoms with Crippen molar-refractivity contribution >= 4 is 27.4 Å². The average Bonchev–Trinajstić information content (AvgIpc) is 3.41. The molecule has 0 saturated carbocycles. The van der Waals surface area contributed by atoms with Crippen LogP contribution in [0.5, 0.6) is 0 Å². The maximum atomic E-state index is 12.8. The number of benzene rings is 1. The fourth-order valence-corrected chi connectivity index (χ4v) is 6.48. The van der Waals surface area contributed by atoms with Crippen molar-refractivity contribution in [3.05, 3.63) is 64.8 Å². The number of carbonyl (C=O) groups is 1. The maximum absolute atomic E-state index is 12.8. The number of hydrogen-bond acceptors (Lipinski definition) is 7. The van der Waals surface area contributed by atoms with E-state index < -0.39 is 9.84 Å². The second kappa shape index (κ2) is 9.00. The summed E-state index contributed by atoms with van der Waals surface area (Å²) in [5.41, 5.74) is 3.88. The summed E-state index contributed by atoms with van der Waals surface area (Å²) in [4.78, 5) is 12.8. The van der Waals surface area contributed by atoms with Crippen molar-refractivity contribution in [3.63, 3.8) is 0 Å². The maximum Gasteiger partial charge on any atom is 0.277 e. The molecule has 164 valence electrons. The molecule has 0 aliphatic carbocycles. The van der Waals surface area contributed by atoms with Gasteiger partial charge in [-0.2, -0.15) is 0 Å². The third-order valence-corrected chi connectivity index (χ3v) is 8.28. The first kappa shape index (κ1) is 21.8. The van der Waals surface area contributed by atoms with Gasteiger partial charge in [-0.05, 0) is 37.8 Å². The van der Waals surface area contributed by atoms with Crippen LogP contribution in [0.2, 0.25) is 0 Å².